The summed E-state index contributed by atoms with van der Waals surface area (Å²) in [5.74, 6) is 1.79. The Balaban J connectivity index is 1.80. The molecule has 1 fully saturated rings. The summed E-state index contributed by atoms with van der Waals surface area (Å²) in [6, 6.07) is 11.0. The van der Waals surface area contributed by atoms with E-state index in [9.17, 15) is 0 Å². The second-order valence-corrected chi connectivity index (χ2v) is 6.04. The lowest BCUT2D eigenvalue weighted by atomic mass is 10.0. The van der Waals surface area contributed by atoms with Crippen LogP contribution in [-0.2, 0) is 6.54 Å². The van der Waals surface area contributed by atoms with E-state index in [-0.39, 0.29) is 0 Å². The van der Waals surface area contributed by atoms with Gasteiger partial charge in [-0.1, -0.05) is 30.1 Å². The van der Waals surface area contributed by atoms with E-state index >= 15 is 0 Å². The van der Waals surface area contributed by atoms with Gasteiger partial charge in [-0.25, -0.2) is 0 Å². The van der Waals surface area contributed by atoms with Crippen LogP contribution in [0.1, 0.15) is 48.7 Å². The Morgan fingerprint density at radius 3 is 2.73 bits per heavy atom. The summed E-state index contributed by atoms with van der Waals surface area (Å²) < 4.78 is 10.5. The lowest BCUT2D eigenvalue weighted by Gasteiger charge is -2.29. The van der Waals surface area contributed by atoms with Crippen molar-refractivity contribution in [2.24, 2.45) is 0 Å². The van der Waals surface area contributed by atoms with Gasteiger partial charge in [-0.05, 0) is 44.0 Å². The maximum absolute atomic E-state index is 5.27. The molecule has 1 unspecified atom stereocenters. The zero-order valence-electron chi connectivity index (χ0n) is 13.4. The molecule has 0 saturated carbocycles. The first kappa shape index (κ1) is 15.1. The van der Waals surface area contributed by atoms with Crippen molar-refractivity contribution in [1.82, 2.24) is 10.1 Å². The van der Waals surface area contributed by atoms with Gasteiger partial charge in [0.15, 0.2) is 0 Å². The fourth-order valence-corrected chi connectivity index (χ4v) is 3.26. The van der Waals surface area contributed by atoms with E-state index in [4.69, 9.17) is 9.26 Å². The first-order chi connectivity index (χ1) is 10.8. The predicted octanol–water partition coefficient (Wildman–Crippen LogP) is 4.11. The van der Waals surface area contributed by atoms with Crippen LogP contribution < -0.4 is 4.74 Å². The van der Waals surface area contributed by atoms with Crippen LogP contribution in [0.2, 0.25) is 0 Å². The molecule has 3 rings (SSSR count). The van der Waals surface area contributed by atoms with Crippen LogP contribution in [0.15, 0.2) is 34.9 Å². The van der Waals surface area contributed by atoms with Crippen molar-refractivity contribution in [2.45, 2.75) is 45.2 Å². The first-order valence-corrected chi connectivity index (χ1v) is 8.06. The van der Waals surface area contributed by atoms with Crippen LogP contribution in [0.3, 0.4) is 0 Å². The quantitative estimate of drug-likeness (QED) is 0.851. The van der Waals surface area contributed by atoms with E-state index in [1.807, 2.05) is 13.0 Å². The summed E-state index contributed by atoms with van der Waals surface area (Å²) in [6.07, 6.45) is 5.04. The van der Waals surface area contributed by atoms with E-state index in [0.717, 1.165) is 30.3 Å². The third-order valence-electron chi connectivity index (χ3n) is 4.41. The number of rotatable bonds is 4. The maximum atomic E-state index is 5.27. The number of likely N-dealkylation sites (tertiary alicyclic amines) is 1. The van der Waals surface area contributed by atoms with Crippen molar-refractivity contribution in [3.63, 3.8) is 0 Å². The number of ether oxygens (including phenoxy) is 1. The Morgan fingerprint density at radius 1 is 1.23 bits per heavy atom. The average Bonchev–Trinajstić information content (AvgIpc) is 2.81. The molecule has 0 radical (unpaired) electrons. The molecule has 1 aromatic carbocycles. The Kier molecular flexibility index (Phi) is 4.78. The highest BCUT2D eigenvalue weighted by atomic mass is 16.5. The predicted molar refractivity (Wildman–Crippen MR) is 85.9 cm³/mol. The SMILES string of the molecule is COc1ccc(C2CCCCCN2Cc2cc(C)on2)cc1. The van der Waals surface area contributed by atoms with Gasteiger partial charge in [0.2, 0.25) is 0 Å². The average molecular weight is 300 g/mol. The van der Waals surface area contributed by atoms with Gasteiger partial charge in [0.1, 0.15) is 11.5 Å². The summed E-state index contributed by atoms with van der Waals surface area (Å²) in [6.45, 7) is 3.91. The number of methoxy groups -OCH3 is 1. The first-order valence-electron chi connectivity index (χ1n) is 8.06. The molecule has 4 nitrogen and oxygen atoms in total. The summed E-state index contributed by atoms with van der Waals surface area (Å²) in [7, 11) is 1.71. The molecule has 1 saturated heterocycles. The molecule has 2 heterocycles. The third kappa shape index (κ3) is 3.50. The number of aromatic nitrogens is 1. The summed E-state index contributed by atoms with van der Waals surface area (Å²) in [4.78, 5) is 2.53. The number of hydrogen-bond acceptors (Lipinski definition) is 4. The fraction of sp³-hybridized carbons (Fsp3) is 0.500. The monoisotopic (exact) mass is 300 g/mol. The number of aryl methyl sites for hydroxylation is 1. The summed E-state index contributed by atoms with van der Waals surface area (Å²) in [5.41, 5.74) is 2.39. The minimum atomic E-state index is 0.449. The number of hydrogen-bond donors (Lipinski definition) is 0. The molecule has 1 atom stereocenters. The minimum absolute atomic E-state index is 0.449. The third-order valence-corrected chi connectivity index (χ3v) is 4.41. The minimum Gasteiger partial charge on any atom is -0.497 e. The highest BCUT2D eigenvalue weighted by Gasteiger charge is 2.23. The van der Waals surface area contributed by atoms with Crippen molar-refractivity contribution in [2.75, 3.05) is 13.7 Å². The maximum Gasteiger partial charge on any atom is 0.133 e. The van der Waals surface area contributed by atoms with E-state index < -0.39 is 0 Å². The zero-order chi connectivity index (χ0) is 15.4. The lowest BCUT2D eigenvalue weighted by Crippen LogP contribution is -2.28. The molecular weight excluding hydrogens is 276 g/mol. The van der Waals surface area contributed by atoms with E-state index in [2.05, 4.69) is 34.3 Å². The summed E-state index contributed by atoms with van der Waals surface area (Å²) >= 11 is 0. The van der Waals surface area contributed by atoms with Gasteiger partial charge in [0.25, 0.3) is 0 Å². The van der Waals surface area contributed by atoms with E-state index in [1.165, 1.54) is 31.2 Å². The molecule has 118 valence electrons. The molecule has 0 spiro atoms. The van der Waals surface area contributed by atoms with E-state index in [1.54, 1.807) is 7.11 Å². The van der Waals surface area contributed by atoms with Gasteiger partial charge in [-0.2, -0.15) is 0 Å². The van der Waals surface area contributed by atoms with Gasteiger partial charge in [0.05, 0.1) is 12.8 Å². The highest BCUT2D eigenvalue weighted by molar-refractivity contribution is 5.29. The zero-order valence-corrected chi connectivity index (χ0v) is 13.4. The summed E-state index contributed by atoms with van der Waals surface area (Å²) in [5, 5.41) is 4.16. The Labute approximate surface area is 132 Å². The van der Waals surface area contributed by atoms with Crippen molar-refractivity contribution >= 4 is 0 Å². The van der Waals surface area contributed by atoms with Crippen LogP contribution in [0.4, 0.5) is 0 Å². The van der Waals surface area contributed by atoms with Crippen LogP contribution in [0.25, 0.3) is 0 Å². The second-order valence-electron chi connectivity index (χ2n) is 6.04. The van der Waals surface area contributed by atoms with Gasteiger partial charge in [0, 0.05) is 18.7 Å². The standard InChI is InChI=1S/C18H24N2O2/c1-14-12-16(19-22-14)13-20-11-5-3-4-6-18(20)15-7-9-17(21-2)10-8-15/h7-10,12,18H,3-6,11,13H2,1-2H3. The van der Waals surface area contributed by atoms with Gasteiger partial charge >= 0.3 is 0 Å². The largest absolute Gasteiger partial charge is 0.497 e. The molecule has 2 aromatic rings. The molecule has 1 aliphatic heterocycles. The van der Waals surface area contributed by atoms with Crippen LogP contribution in [0, 0.1) is 6.92 Å². The Hall–Kier alpha value is -1.81. The van der Waals surface area contributed by atoms with E-state index in [0.29, 0.717) is 6.04 Å². The Morgan fingerprint density at radius 2 is 2.05 bits per heavy atom. The molecule has 0 N–H and O–H groups in total. The molecule has 1 aliphatic rings. The molecule has 0 amide bonds. The highest BCUT2D eigenvalue weighted by Crippen LogP contribution is 2.32. The van der Waals surface area contributed by atoms with Crippen LogP contribution >= 0.6 is 0 Å². The Bertz CT molecular complexity index is 591. The number of nitrogens with zero attached hydrogens (tertiary/aromatic N) is 2. The van der Waals surface area contributed by atoms with Crippen LogP contribution in [0.5, 0.6) is 5.75 Å². The molecule has 0 bridgehead atoms. The lowest BCUT2D eigenvalue weighted by molar-refractivity contribution is 0.187. The molecular formula is C18H24N2O2. The molecule has 1 aromatic heterocycles. The normalized spacial score (nSPS) is 19.8. The molecule has 0 aliphatic carbocycles. The van der Waals surface area contributed by atoms with Crippen LogP contribution in [-0.4, -0.2) is 23.7 Å². The molecule has 4 heteroatoms. The van der Waals surface area contributed by atoms with Crippen molar-refractivity contribution in [3.05, 3.63) is 47.3 Å². The van der Waals surface area contributed by atoms with Gasteiger partial charge < -0.3 is 9.26 Å². The smallest absolute Gasteiger partial charge is 0.133 e. The van der Waals surface area contributed by atoms with Crippen molar-refractivity contribution in [3.8, 4) is 5.75 Å². The van der Waals surface area contributed by atoms with Crippen molar-refractivity contribution in [1.29, 1.82) is 0 Å². The topological polar surface area (TPSA) is 38.5 Å². The van der Waals surface area contributed by atoms with Gasteiger partial charge in [-0.15, -0.1) is 0 Å². The van der Waals surface area contributed by atoms with Gasteiger partial charge in [-0.3, -0.25) is 4.90 Å². The number of benzene rings is 1. The fourth-order valence-electron chi connectivity index (χ4n) is 3.26. The second kappa shape index (κ2) is 6.97. The molecule has 22 heavy (non-hydrogen) atoms. The van der Waals surface area contributed by atoms with Crippen molar-refractivity contribution < 1.29 is 9.26 Å².